The van der Waals surface area contributed by atoms with Crippen molar-refractivity contribution in [3.8, 4) is 11.8 Å². The molecule has 0 aliphatic heterocycles. The van der Waals surface area contributed by atoms with Gasteiger partial charge in [0.1, 0.15) is 6.29 Å². The summed E-state index contributed by atoms with van der Waals surface area (Å²) in [5.74, 6) is 6.25. The summed E-state index contributed by atoms with van der Waals surface area (Å²) in [6.45, 7) is 8.79. The number of nitrogens with zero attached hydrogens (tertiary/aromatic N) is 1. The van der Waals surface area contributed by atoms with Crippen molar-refractivity contribution in [3.63, 3.8) is 0 Å². The van der Waals surface area contributed by atoms with Gasteiger partial charge in [-0.2, -0.15) is 11.3 Å². The van der Waals surface area contributed by atoms with Gasteiger partial charge in [-0.05, 0) is 49.2 Å². The zero-order valence-corrected chi connectivity index (χ0v) is 13.4. The topological polar surface area (TPSA) is 20.3 Å². The Kier molecular flexibility index (Phi) is 7.28. The maximum atomic E-state index is 10.5. The van der Waals surface area contributed by atoms with E-state index in [1.165, 1.54) is 5.56 Å². The molecule has 0 N–H and O–H groups in total. The Morgan fingerprint density at radius 1 is 1.40 bits per heavy atom. The predicted octanol–water partition coefficient (Wildman–Crippen LogP) is 3.74. The van der Waals surface area contributed by atoms with Crippen molar-refractivity contribution < 1.29 is 4.79 Å². The number of hydrogen-bond acceptors (Lipinski definition) is 3. The fourth-order valence-electron chi connectivity index (χ4n) is 1.63. The average Bonchev–Trinajstić information content (AvgIpc) is 2.86. The Balaban J connectivity index is 2.49. The van der Waals surface area contributed by atoms with Gasteiger partial charge in [0.25, 0.3) is 0 Å². The van der Waals surface area contributed by atoms with E-state index < -0.39 is 0 Å². The third-order valence-corrected chi connectivity index (χ3v) is 3.29. The first-order chi connectivity index (χ1) is 9.51. The second-order valence-corrected chi connectivity index (χ2v) is 6.52. The van der Waals surface area contributed by atoms with Crippen LogP contribution in [0.2, 0.25) is 0 Å². The van der Waals surface area contributed by atoms with Gasteiger partial charge >= 0.3 is 0 Å². The van der Waals surface area contributed by atoms with Crippen LogP contribution in [0.5, 0.6) is 0 Å². The van der Waals surface area contributed by atoms with Gasteiger partial charge in [0.05, 0.1) is 0 Å². The second-order valence-electron chi connectivity index (χ2n) is 5.74. The van der Waals surface area contributed by atoms with Crippen molar-refractivity contribution in [1.82, 2.24) is 4.90 Å². The zero-order valence-electron chi connectivity index (χ0n) is 12.6. The lowest BCUT2D eigenvalue weighted by Crippen LogP contribution is -2.24. The largest absolute Gasteiger partial charge is 0.303 e. The van der Waals surface area contributed by atoms with Gasteiger partial charge in [-0.3, -0.25) is 4.90 Å². The van der Waals surface area contributed by atoms with Gasteiger partial charge in [-0.25, -0.2) is 0 Å². The third kappa shape index (κ3) is 7.93. The summed E-state index contributed by atoms with van der Waals surface area (Å²) in [7, 11) is 0. The van der Waals surface area contributed by atoms with Crippen LogP contribution in [-0.2, 0) is 11.3 Å². The minimum Gasteiger partial charge on any atom is -0.303 e. The highest BCUT2D eigenvalue weighted by atomic mass is 32.1. The number of carbonyl (C=O) groups is 1. The molecule has 0 atom stereocenters. The molecule has 0 fully saturated rings. The summed E-state index contributed by atoms with van der Waals surface area (Å²) in [4.78, 5) is 12.8. The van der Waals surface area contributed by atoms with Crippen LogP contribution < -0.4 is 0 Å². The summed E-state index contributed by atoms with van der Waals surface area (Å²) < 4.78 is 0. The highest BCUT2D eigenvalue weighted by Gasteiger charge is 2.04. The zero-order chi connectivity index (χ0) is 14.8. The van der Waals surface area contributed by atoms with Crippen LogP contribution in [0.1, 0.15) is 32.8 Å². The maximum absolute atomic E-state index is 10.5. The second kappa shape index (κ2) is 8.73. The van der Waals surface area contributed by atoms with Crippen LogP contribution in [-0.4, -0.2) is 24.3 Å². The normalized spacial score (nSPS) is 11.6. The molecule has 0 saturated carbocycles. The molecular formula is C17H23NOS. The van der Waals surface area contributed by atoms with E-state index in [0.29, 0.717) is 6.42 Å². The molecule has 0 radical (unpaired) electrons. The fourth-order valence-corrected chi connectivity index (χ4v) is 2.29. The lowest BCUT2D eigenvalue weighted by atomic mass is 9.98. The lowest BCUT2D eigenvalue weighted by Gasteiger charge is -2.18. The van der Waals surface area contributed by atoms with Crippen LogP contribution in [0.25, 0.3) is 0 Å². The highest BCUT2D eigenvalue weighted by molar-refractivity contribution is 7.07. The van der Waals surface area contributed by atoms with Crippen molar-refractivity contribution in [3.05, 3.63) is 34.5 Å². The van der Waals surface area contributed by atoms with Crippen LogP contribution in [0.3, 0.4) is 0 Å². The molecule has 3 heteroatoms. The Bertz CT molecular complexity index is 471. The Morgan fingerprint density at radius 3 is 2.80 bits per heavy atom. The van der Waals surface area contributed by atoms with E-state index in [1.54, 1.807) is 11.3 Å². The van der Waals surface area contributed by atoms with E-state index in [1.807, 2.05) is 6.08 Å². The first kappa shape index (κ1) is 16.7. The van der Waals surface area contributed by atoms with Gasteiger partial charge in [0.2, 0.25) is 0 Å². The summed E-state index contributed by atoms with van der Waals surface area (Å²) in [6.07, 6.45) is 5.53. The Morgan fingerprint density at radius 2 is 2.20 bits per heavy atom. The molecule has 0 spiro atoms. The van der Waals surface area contributed by atoms with Gasteiger partial charge in [0.15, 0.2) is 0 Å². The van der Waals surface area contributed by atoms with Crippen LogP contribution in [0, 0.1) is 17.3 Å². The molecule has 2 nitrogen and oxygen atoms in total. The van der Waals surface area contributed by atoms with E-state index in [9.17, 15) is 4.79 Å². The summed E-state index contributed by atoms with van der Waals surface area (Å²) in [6, 6.07) is 2.13. The van der Waals surface area contributed by atoms with Crippen LogP contribution in [0.15, 0.2) is 29.0 Å². The molecule has 108 valence electrons. The first-order valence-electron chi connectivity index (χ1n) is 6.86. The SMILES string of the molecule is CC(C)(C)C#CC=CCN(CCC=O)Cc1ccsc1. The van der Waals surface area contributed by atoms with Gasteiger partial charge < -0.3 is 4.79 Å². The minimum absolute atomic E-state index is 0.0399. The summed E-state index contributed by atoms with van der Waals surface area (Å²) >= 11 is 1.70. The van der Waals surface area contributed by atoms with Crippen molar-refractivity contribution in [1.29, 1.82) is 0 Å². The molecule has 0 aliphatic carbocycles. The fraction of sp³-hybridized carbons (Fsp3) is 0.471. The molecule has 1 aromatic heterocycles. The van der Waals surface area contributed by atoms with Gasteiger partial charge in [0, 0.05) is 31.5 Å². The molecule has 0 amide bonds. The predicted molar refractivity (Wildman–Crippen MR) is 86.6 cm³/mol. The standard InChI is InChI=1S/C17H23NOS/c1-17(2,3)9-5-4-6-10-18(11-7-12-19)14-16-8-13-20-15-16/h4,6,8,12-13,15H,7,10-11,14H2,1-3H3. The molecule has 0 bridgehead atoms. The van der Waals surface area contributed by atoms with E-state index >= 15 is 0 Å². The number of rotatable bonds is 7. The quantitative estimate of drug-likeness (QED) is 0.563. The Labute approximate surface area is 126 Å². The van der Waals surface area contributed by atoms with Crippen LogP contribution in [0.4, 0.5) is 0 Å². The van der Waals surface area contributed by atoms with E-state index in [0.717, 1.165) is 25.9 Å². The first-order valence-corrected chi connectivity index (χ1v) is 7.80. The molecule has 0 aromatic carbocycles. The molecule has 0 unspecified atom stereocenters. The Hall–Kier alpha value is -1.37. The van der Waals surface area contributed by atoms with Crippen molar-refractivity contribution >= 4 is 17.6 Å². The van der Waals surface area contributed by atoms with Gasteiger partial charge in [-0.15, -0.1) is 0 Å². The van der Waals surface area contributed by atoms with Crippen molar-refractivity contribution in [2.24, 2.45) is 5.41 Å². The molecule has 1 aromatic rings. The third-order valence-electron chi connectivity index (χ3n) is 2.56. The van der Waals surface area contributed by atoms with Crippen LogP contribution >= 0.6 is 11.3 Å². The number of aldehydes is 1. The van der Waals surface area contributed by atoms with E-state index in [2.05, 4.69) is 60.4 Å². The van der Waals surface area contributed by atoms with Crippen molar-refractivity contribution in [2.75, 3.05) is 13.1 Å². The van der Waals surface area contributed by atoms with E-state index in [-0.39, 0.29) is 5.41 Å². The lowest BCUT2D eigenvalue weighted by molar-refractivity contribution is -0.108. The van der Waals surface area contributed by atoms with Crippen molar-refractivity contribution in [2.45, 2.75) is 33.7 Å². The molecule has 20 heavy (non-hydrogen) atoms. The number of thiophene rings is 1. The number of carbonyl (C=O) groups excluding carboxylic acids is 1. The maximum Gasteiger partial charge on any atom is 0.121 e. The molecule has 1 rings (SSSR count). The molecule has 0 saturated heterocycles. The minimum atomic E-state index is 0.0399. The summed E-state index contributed by atoms with van der Waals surface area (Å²) in [5.41, 5.74) is 1.34. The molecular weight excluding hydrogens is 266 g/mol. The number of allylic oxidation sites excluding steroid dienone is 1. The molecule has 0 aliphatic rings. The average molecular weight is 289 g/mol. The van der Waals surface area contributed by atoms with Gasteiger partial charge in [-0.1, -0.05) is 17.9 Å². The highest BCUT2D eigenvalue weighted by Crippen LogP contribution is 2.10. The summed E-state index contributed by atoms with van der Waals surface area (Å²) in [5, 5.41) is 4.23. The monoisotopic (exact) mass is 289 g/mol. The smallest absolute Gasteiger partial charge is 0.121 e. The number of hydrogen-bond donors (Lipinski definition) is 0. The van der Waals surface area contributed by atoms with E-state index in [4.69, 9.17) is 0 Å². The molecule has 1 heterocycles.